The summed E-state index contributed by atoms with van der Waals surface area (Å²) in [6, 6.07) is 10.3. The molecule has 3 rings (SSSR count). The Morgan fingerprint density at radius 2 is 1.06 bits per heavy atom. The molecule has 1 aromatic carbocycles. The summed E-state index contributed by atoms with van der Waals surface area (Å²) in [5, 5.41) is 0. The van der Waals surface area contributed by atoms with Gasteiger partial charge in [-0.1, -0.05) is 159 Å². The summed E-state index contributed by atoms with van der Waals surface area (Å²) in [6.45, 7) is 29.3. The highest BCUT2D eigenvalue weighted by molar-refractivity contribution is 5.11. The summed E-state index contributed by atoms with van der Waals surface area (Å²) in [5.41, 5.74) is 1.82. The average Bonchev–Trinajstić information content (AvgIpc) is 3.56. The van der Waals surface area contributed by atoms with E-state index in [0.717, 1.165) is 35.5 Å². The molecule has 2 fully saturated rings. The Balaban J connectivity index is -0.000000351. The van der Waals surface area contributed by atoms with Gasteiger partial charge in [-0.25, -0.2) is 0 Å². The number of rotatable bonds is 2. The molecular weight excluding hydrogens is 408 g/mol. The van der Waals surface area contributed by atoms with E-state index in [0.29, 0.717) is 5.41 Å². The van der Waals surface area contributed by atoms with Crippen molar-refractivity contribution in [2.75, 3.05) is 0 Å². The number of benzene rings is 1. The molecule has 0 N–H and O–H groups in total. The maximum absolute atomic E-state index is 2.36. The molecule has 0 saturated heterocycles. The molecule has 0 aromatic heterocycles. The van der Waals surface area contributed by atoms with Gasteiger partial charge in [0.2, 0.25) is 0 Å². The maximum Gasteiger partial charge on any atom is -0.0360 e. The Morgan fingerprint density at radius 3 is 1.18 bits per heavy atom. The molecule has 34 heavy (non-hydrogen) atoms. The fraction of sp³-hybridized carbons (Fsp3) is 0.824. The summed E-state index contributed by atoms with van der Waals surface area (Å²) in [7, 11) is 0. The van der Waals surface area contributed by atoms with Crippen LogP contribution in [0.1, 0.15) is 141 Å². The minimum atomic E-state index is 0. The van der Waals surface area contributed by atoms with E-state index in [2.05, 4.69) is 102 Å². The quantitative estimate of drug-likeness (QED) is 0.398. The second-order valence-corrected chi connectivity index (χ2v) is 13.0. The Labute approximate surface area is 219 Å². The van der Waals surface area contributed by atoms with Crippen molar-refractivity contribution in [1.82, 2.24) is 0 Å². The van der Waals surface area contributed by atoms with E-state index in [1.807, 2.05) is 18.2 Å². The average molecular weight is 477 g/mol. The molecule has 0 bridgehead atoms. The normalized spacial score (nSPS) is 15.6. The van der Waals surface area contributed by atoms with Crippen LogP contribution in [0.2, 0.25) is 0 Å². The lowest BCUT2D eigenvalue weighted by molar-refractivity contribution is 0.283. The fourth-order valence-electron chi connectivity index (χ4n) is 2.60. The van der Waals surface area contributed by atoms with Crippen LogP contribution < -0.4 is 0 Å². The van der Waals surface area contributed by atoms with Crippen LogP contribution in [0.25, 0.3) is 0 Å². The molecule has 2 aliphatic carbocycles. The molecule has 0 radical (unpaired) electrons. The molecule has 2 saturated carbocycles. The lowest BCUT2D eigenvalue weighted by Crippen LogP contribution is -2.12. The van der Waals surface area contributed by atoms with Crippen molar-refractivity contribution < 1.29 is 0 Å². The second-order valence-electron chi connectivity index (χ2n) is 13.0. The number of hydrogen-bond acceptors (Lipinski definition) is 0. The predicted octanol–water partition coefficient (Wildman–Crippen LogP) is 12.3. The first-order chi connectivity index (χ1) is 15.2. The smallest absolute Gasteiger partial charge is 0.0360 e. The van der Waals surface area contributed by atoms with Gasteiger partial charge in [-0.05, 0) is 60.7 Å². The summed E-state index contributed by atoms with van der Waals surface area (Å²) in [6.07, 6.45) is 10.4. The van der Waals surface area contributed by atoms with Gasteiger partial charge in [0.15, 0.2) is 0 Å². The van der Waals surface area contributed by atoms with Crippen LogP contribution in [0.4, 0.5) is 0 Å². The standard InChI is InChI=1S/C7H14.C7H8.C7H16.C6H12.C6H14.CH4/c2*1-7-5-3-2-4-6-7;1-6(2)7(3,4)5;1-5(2)6-3-4-6;1-5(2)6(3)4;/h7H,2-6H2,1H3;2-6H,1H3;6H,1-5H3;5-6H,3-4H2,1-2H3;5-6H,1-4H3;1H4. The van der Waals surface area contributed by atoms with Crippen molar-refractivity contribution in [3.05, 3.63) is 35.9 Å². The Hall–Kier alpha value is -0.780. The van der Waals surface area contributed by atoms with E-state index in [1.165, 1.54) is 50.5 Å². The molecule has 2 aliphatic rings. The Bertz CT molecular complexity index is 490. The molecule has 0 heterocycles. The topological polar surface area (TPSA) is 0 Å². The Kier molecular flexibility index (Phi) is 23.9. The van der Waals surface area contributed by atoms with E-state index >= 15 is 0 Å². The van der Waals surface area contributed by atoms with Crippen LogP contribution in [0.15, 0.2) is 30.3 Å². The number of aryl methyl sites for hydroxylation is 1. The van der Waals surface area contributed by atoms with Gasteiger partial charge in [-0.15, -0.1) is 0 Å². The molecular formula is C34H68. The van der Waals surface area contributed by atoms with Crippen molar-refractivity contribution in [2.24, 2.45) is 40.9 Å². The van der Waals surface area contributed by atoms with Crippen LogP contribution >= 0.6 is 0 Å². The second kappa shape index (κ2) is 21.5. The fourth-order valence-corrected chi connectivity index (χ4v) is 2.60. The SMILES string of the molecule is C.CC(C)C(C)(C)C.CC(C)C(C)C.CC(C)C1CC1.CC1CCCCC1.Cc1ccccc1. The summed E-state index contributed by atoms with van der Waals surface area (Å²) >= 11 is 0. The highest BCUT2D eigenvalue weighted by atomic mass is 14.3. The third-order valence-electron chi connectivity index (χ3n) is 7.46. The van der Waals surface area contributed by atoms with Gasteiger partial charge < -0.3 is 0 Å². The number of hydrogen-bond donors (Lipinski definition) is 0. The molecule has 0 heteroatoms. The molecule has 1 aromatic rings. The Morgan fingerprint density at radius 1 is 0.676 bits per heavy atom. The molecule has 0 spiro atoms. The molecule has 0 atom stereocenters. The van der Waals surface area contributed by atoms with Crippen LogP contribution in [-0.2, 0) is 0 Å². The van der Waals surface area contributed by atoms with Gasteiger partial charge in [-0.2, -0.15) is 0 Å². The lowest BCUT2D eigenvalue weighted by Gasteiger charge is -2.22. The van der Waals surface area contributed by atoms with Gasteiger partial charge in [0.1, 0.15) is 0 Å². The lowest BCUT2D eigenvalue weighted by atomic mass is 9.84. The van der Waals surface area contributed by atoms with Gasteiger partial charge in [0.25, 0.3) is 0 Å². The molecule has 0 aliphatic heterocycles. The largest absolute Gasteiger partial charge is 0.0776 e. The zero-order valence-corrected chi connectivity index (χ0v) is 25.3. The van der Waals surface area contributed by atoms with E-state index in [-0.39, 0.29) is 7.43 Å². The van der Waals surface area contributed by atoms with Crippen LogP contribution in [0.5, 0.6) is 0 Å². The van der Waals surface area contributed by atoms with Gasteiger partial charge in [0, 0.05) is 0 Å². The first-order valence-corrected chi connectivity index (χ1v) is 14.2. The van der Waals surface area contributed by atoms with Crippen LogP contribution in [-0.4, -0.2) is 0 Å². The monoisotopic (exact) mass is 477 g/mol. The minimum absolute atomic E-state index is 0. The zero-order chi connectivity index (χ0) is 26.0. The van der Waals surface area contributed by atoms with E-state index in [4.69, 9.17) is 0 Å². The van der Waals surface area contributed by atoms with E-state index in [1.54, 1.807) is 0 Å². The first kappa shape index (κ1) is 37.8. The van der Waals surface area contributed by atoms with Gasteiger partial charge in [0.05, 0.1) is 0 Å². The van der Waals surface area contributed by atoms with Crippen molar-refractivity contribution in [3.63, 3.8) is 0 Å². The van der Waals surface area contributed by atoms with Crippen molar-refractivity contribution in [3.8, 4) is 0 Å². The first-order valence-electron chi connectivity index (χ1n) is 14.2. The summed E-state index contributed by atoms with van der Waals surface area (Å²) < 4.78 is 0. The third kappa shape index (κ3) is 27.5. The van der Waals surface area contributed by atoms with Gasteiger partial charge >= 0.3 is 0 Å². The van der Waals surface area contributed by atoms with Crippen LogP contribution in [0, 0.1) is 47.8 Å². The van der Waals surface area contributed by atoms with E-state index in [9.17, 15) is 0 Å². The maximum atomic E-state index is 2.36. The summed E-state index contributed by atoms with van der Waals surface area (Å²) in [5.74, 6) is 5.60. The minimum Gasteiger partial charge on any atom is -0.0776 e. The highest BCUT2D eigenvalue weighted by Gasteiger charge is 2.23. The molecule has 0 amide bonds. The molecule has 0 unspecified atom stereocenters. The van der Waals surface area contributed by atoms with Gasteiger partial charge in [-0.3, -0.25) is 0 Å². The summed E-state index contributed by atoms with van der Waals surface area (Å²) in [4.78, 5) is 0. The zero-order valence-electron chi connectivity index (χ0n) is 25.3. The third-order valence-corrected chi connectivity index (χ3v) is 7.46. The molecule has 204 valence electrons. The van der Waals surface area contributed by atoms with Crippen molar-refractivity contribution in [1.29, 1.82) is 0 Å². The highest BCUT2D eigenvalue weighted by Crippen LogP contribution is 2.35. The van der Waals surface area contributed by atoms with Crippen LogP contribution in [0.3, 0.4) is 0 Å². The molecule has 0 nitrogen and oxygen atoms in total. The van der Waals surface area contributed by atoms with Crippen molar-refractivity contribution >= 4 is 0 Å². The van der Waals surface area contributed by atoms with Crippen molar-refractivity contribution in [2.45, 2.75) is 142 Å². The van der Waals surface area contributed by atoms with E-state index < -0.39 is 0 Å². The predicted molar refractivity (Wildman–Crippen MR) is 162 cm³/mol.